The first-order chi connectivity index (χ1) is 8.61. The van der Waals surface area contributed by atoms with Crippen molar-refractivity contribution >= 4 is 5.78 Å². The molecule has 0 bridgehead atoms. The van der Waals surface area contributed by atoms with Crippen LogP contribution in [-0.4, -0.2) is 31.6 Å². The molecule has 0 radical (unpaired) electrons. The number of rotatable bonds is 4. The van der Waals surface area contributed by atoms with Gasteiger partial charge in [-0.05, 0) is 32.5 Å². The minimum atomic E-state index is -0.0499. The van der Waals surface area contributed by atoms with E-state index in [4.69, 9.17) is 4.74 Å². The quantitative estimate of drug-likeness (QED) is 0.828. The molecule has 2 unspecified atom stereocenters. The first-order valence-corrected chi connectivity index (χ1v) is 6.55. The molecule has 0 aromatic heterocycles. The third-order valence-electron chi connectivity index (χ3n) is 3.39. The first-order valence-electron chi connectivity index (χ1n) is 6.55. The molecule has 1 aliphatic heterocycles. The van der Waals surface area contributed by atoms with E-state index in [2.05, 4.69) is 18.3 Å². The standard InChI is InChI=1S/C15H21NO2/c1-4-16-14-9-18-8-13(14)15(17)12-6-10(2)5-11(3)7-12/h5-7,13-14,16H,4,8-9H2,1-3H3. The predicted molar refractivity (Wildman–Crippen MR) is 72.0 cm³/mol. The summed E-state index contributed by atoms with van der Waals surface area (Å²) in [6.45, 7) is 8.13. The Bertz CT molecular complexity index is 422. The first kappa shape index (κ1) is 13.2. The van der Waals surface area contributed by atoms with E-state index in [-0.39, 0.29) is 17.7 Å². The number of carbonyl (C=O) groups is 1. The highest BCUT2D eigenvalue weighted by molar-refractivity contribution is 5.99. The normalized spacial score (nSPS) is 23.3. The molecule has 0 amide bonds. The minimum absolute atomic E-state index is 0.0499. The van der Waals surface area contributed by atoms with Gasteiger partial charge in [-0.25, -0.2) is 0 Å². The number of ether oxygens (including phenoxy) is 1. The van der Waals surface area contributed by atoms with Crippen LogP contribution in [0.25, 0.3) is 0 Å². The van der Waals surface area contributed by atoms with Crippen molar-refractivity contribution in [2.75, 3.05) is 19.8 Å². The van der Waals surface area contributed by atoms with E-state index >= 15 is 0 Å². The maximum atomic E-state index is 12.5. The highest BCUT2D eigenvalue weighted by Crippen LogP contribution is 2.21. The third kappa shape index (κ3) is 2.79. The van der Waals surface area contributed by atoms with Gasteiger partial charge in [0.2, 0.25) is 0 Å². The van der Waals surface area contributed by atoms with Crippen molar-refractivity contribution in [2.45, 2.75) is 26.8 Å². The molecule has 1 aromatic rings. The van der Waals surface area contributed by atoms with Crippen molar-refractivity contribution in [1.82, 2.24) is 5.32 Å². The Balaban J connectivity index is 2.19. The number of ketones is 1. The topological polar surface area (TPSA) is 38.3 Å². The Hall–Kier alpha value is -1.19. The smallest absolute Gasteiger partial charge is 0.169 e. The van der Waals surface area contributed by atoms with Gasteiger partial charge in [0, 0.05) is 11.6 Å². The van der Waals surface area contributed by atoms with E-state index in [0.29, 0.717) is 13.2 Å². The van der Waals surface area contributed by atoms with Crippen molar-refractivity contribution < 1.29 is 9.53 Å². The molecule has 1 fully saturated rings. The van der Waals surface area contributed by atoms with Crippen LogP contribution < -0.4 is 5.32 Å². The Morgan fingerprint density at radius 3 is 2.56 bits per heavy atom. The minimum Gasteiger partial charge on any atom is -0.379 e. The molecule has 1 aliphatic rings. The maximum absolute atomic E-state index is 12.5. The molecular weight excluding hydrogens is 226 g/mol. The van der Waals surface area contributed by atoms with Crippen LogP contribution in [0.3, 0.4) is 0 Å². The lowest BCUT2D eigenvalue weighted by atomic mass is 9.91. The maximum Gasteiger partial charge on any atom is 0.169 e. The van der Waals surface area contributed by atoms with Gasteiger partial charge in [-0.3, -0.25) is 4.79 Å². The molecule has 1 aromatic carbocycles. The van der Waals surface area contributed by atoms with Crippen LogP contribution in [0.2, 0.25) is 0 Å². The number of hydrogen-bond acceptors (Lipinski definition) is 3. The molecule has 3 heteroatoms. The molecule has 3 nitrogen and oxygen atoms in total. The molecule has 0 saturated carbocycles. The van der Waals surface area contributed by atoms with Crippen molar-refractivity contribution in [1.29, 1.82) is 0 Å². The average molecular weight is 247 g/mol. The Morgan fingerprint density at radius 2 is 1.94 bits per heavy atom. The number of nitrogens with one attached hydrogen (secondary N) is 1. The fourth-order valence-electron chi connectivity index (χ4n) is 2.61. The van der Waals surface area contributed by atoms with Crippen LogP contribution in [0.4, 0.5) is 0 Å². The lowest BCUT2D eigenvalue weighted by Gasteiger charge is -2.17. The van der Waals surface area contributed by atoms with E-state index in [1.54, 1.807) is 0 Å². The van der Waals surface area contributed by atoms with Crippen LogP contribution >= 0.6 is 0 Å². The summed E-state index contributed by atoms with van der Waals surface area (Å²) in [6.07, 6.45) is 0. The van der Waals surface area contributed by atoms with Crippen LogP contribution in [-0.2, 0) is 4.74 Å². The van der Waals surface area contributed by atoms with E-state index in [1.165, 1.54) is 0 Å². The molecular formula is C15H21NO2. The third-order valence-corrected chi connectivity index (χ3v) is 3.39. The van der Waals surface area contributed by atoms with E-state index in [1.807, 2.05) is 26.0 Å². The highest BCUT2D eigenvalue weighted by Gasteiger charge is 2.33. The Labute approximate surface area is 109 Å². The molecule has 2 atom stereocenters. The molecule has 18 heavy (non-hydrogen) atoms. The lowest BCUT2D eigenvalue weighted by molar-refractivity contribution is 0.0891. The van der Waals surface area contributed by atoms with E-state index < -0.39 is 0 Å². The molecule has 2 rings (SSSR count). The number of likely N-dealkylation sites (N-methyl/N-ethyl adjacent to an activating group) is 1. The van der Waals surface area contributed by atoms with Crippen molar-refractivity contribution in [3.63, 3.8) is 0 Å². The summed E-state index contributed by atoms with van der Waals surface area (Å²) in [5.41, 5.74) is 3.08. The zero-order valence-corrected chi connectivity index (χ0v) is 11.3. The highest BCUT2D eigenvalue weighted by atomic mass is 16.5. The van der Waals surface area contributed by atoms with Crippen molar-refractivity contribution in [3.05, 3.63) is 34.9 Å². The van der Waals surface area contributed by atoms with Gasteiger partial charge in [0.15, 0.2) is 5.78 Å². The lowest BCUT2D eigenvalue weighted by Crippen LogP contribution is -2.39. The summed E-state index contributed by atoms with van der Waals surface area (Å²) in [4.78, 5) is 12.5. The SMILES string of the molecule is CCNC1COCC1C(=O)c1cc(C)cc(C)c1. The van der Waals surface area contributed by atoms with Crippen molar-refractivity contribution in [3.8, 4) is 0 Å². The fourth-order valence-corrected chi connectivity index (χ4v) is 2.61. The number of Topliss-reactive ketones (excluding diaryl/α,β-unsaturated/α-hetero) is 1. The second kappa shape index (κ2) is 5.63. The van der Waals surface area contributed by atoms with Gasteiger partial charge < -0.3 is 10.1 Å². The summed E-state index contributed by atoms with van der Waals surface area (Å²) in [5, 5.41) is 3.33. The number of hydrogen-bond donors (Lipinski definition) is 1. The summed E-state index contributed by atoms with van der Waals surface area (Å²) in [7, 11) is 0. The largest absolute Gasteiger partial charge is 0.379 e. The number of carbonyl (C=O) groups excluding carboxylic acids is 1. The summed E-state index contributed by atoms with van der Waals surface area (Å²) >= 11 is 0. The van der Waals surface area contributed by atoms with Gasteiger partial charge in [0.05, 0.1) is 19.1 Å². The van der Waals surface area contributed by atoms with Gasteiger partial charge in [-0.1, -0.05) is 24.1 Å². The van der Waals surface area contributed by atoms with E-state index in [9.17, 15) is 4.79 Å². The van der Waals surface area contributed by atoms with Gasteiger partial charge in [0.1, 0.15) is 0 Å². The van der Waals surface area contributed by atoms with Gasteiger partial charge >= 0.3 is 0 Å². The second-order valence-electron chi connectivity index (χ2n) is 5.05. The van der Waals surface area contributed by atoms with Crippen LogP contribution in [0.15, 0.2) is 18.2 Å². The molecule has 98 valence electrons. The summed E-state index contributed by atoms with van der Waals surface area (Å²) < 4.78 is 5.44. The molecule has 1 saturated heterocycles. The van der Waals surface area contributed by atoms with Gasteiger partial charge in [-0.15, -0.1) is 0 Å². The molecule has 1 N–H and O–H groups in total. The Kier molecular flexibility index (Phi) is 4.15. The van der Waals surface area contributed by atoms with Gasteiger partial charge in [0.25, 0.3) is 0 Å². The molecule has 0 spiro atoms. The van der Waals surface area contributed by atoms with Crippen LogP contribution in [0.1, 0.15) is 28.4 Å². The van der Waals surface area contributed by atoms with Crippen molar-refractivity contribution in [2.24, 2.45) is 5.92 Å². The summed E-state index contributed by atoms with van der Waals surface area (Å²) in [5.74, 6) is 0.149. The second-order valence-corrected chi connectivity index (χ2v) is 5.05. The number of benzene rings is 1. The number of aryl methyl sites for hydroxylation is 2. The Morgan fingerprint density at radius 1 is 1.28 bits per heavy atom. The van der Waals surface area contributed by atoms with Crippen LogP contribution in [0.5, 0.6) is 0 Å². The average Bonchev–Trinajstić information content (AvgIpc) is 2.75. The fraction of sp³-hybridized carbons (Fsp3) is 0.533. The summed E-state index contributed by atoms with van der Waals surface area (Å²) in [6, 6.07) is 6.18. The molecule has 1 heterocycles. The van der Waals surface area contributed by atoms with Gasteiger partial charge in [-0.2, -0.15) is 0 Å². The van der Waals surface area contributed by atoms with Crippen LogP contribution in [0, 0.1) is 19.8 Å². The zero-order valence-electron chi connectivity index (χ0n) is 11.3. The molecule has 0 aliphatic carbocycles. The predicted octanol–water partition coefficient (Wildman–Crippen LogP) is 2.11. The zero-order chi connectivity index (χ0) is 13.1. The monoisotopic (exact) mass is 247 g/mol. The van der Waals surface area contributed by atoms with E-state index in [0.717, 1.165) is 23.2 Å².